The van der Waals surface area contributed by atoms with Crippen molar-refractivity contribution in [1.82, 2.24) is 9.88 Å². The van der Waals surface area contributed by atoms with Crippen LogP contribution < -0.4 is 4.74 Å². The van der Waals surface area contributed by atoms with E-state index in [2.05, 4.69) is 36.0 Å². The van der Waals surface area contributed by atoms with Crippen LogP contribution in [0.1, 0.15) is 30.0 Å². The van der Waals surface area contributed by atoms with Crippen LogP contribution in [0.25, 0.3) is 10.8 Å². The van der Waals surface area contributed by atoms with Crippen LogP contribution >= 0.6 is 11.3 Å². The number of nitrogens with zero attached hydrogens (tertiary/aromatic N) is 2. The minimum absolute atomic E-state index is 0.251. The molecule has 4 nitrogen and oxygen atoms in total. The largest absolute Gasteiger partial charge is 0.497 e. The fourth-order valence-corrected chi connectivity index (χ4v) is 3.26. The highest BCUT2D eigenvalue weighted by Crippen LogP contribution is 2.28. The van der Waals surface area contributed by atoms with Crippen molar-refractivity contribution in [1.29, 1.82) is 0 Å². The van der Waals surface area contributed by atoms with E-state index in [4.69, 9.17) is 9.15 Å². The molecule has 1 atom stereocenters. The molecule has 0 radical (unpaired) electrons. The third-order valence-corrected chi connectivity index (χ3v) is 5.12. The van der Waals surface area contributed by atoms with Crippen molar-refractivity contribution in [2.24, 2.45) is 0 Å². The predicted molar refractivity (Wildman–Crippen MR) is 97.4 cm³/mol. The molecular formula is C19H22N2O2S. The number of rotatable bonds is 6. The van der Waals surface area contributed by atoms with Gasteiger partial charge in [-0.05, 0) is 50.0 Å². The zero-order valence-electron chi connectivity index (χ0n) is 14.4. The van der Waals surface area contributed by atoms with Gasteiger partial charge >= 0.3 is 0 Å². The molecule has 0 aliphatic carbocycles. The summed E-state index contributed by atoms with van der Waals surface area (Å²) in [5.74, 6) is 2.47. The summed E-state index contributed by atoms with van der Waals surface area (Å²) in [5, 5.41) is 2.03. The monoisotopic (exact) mass is 342 g/mol. The maximum absolute atomic E-state index is 5.83. The molecule has 5 heteroatoms. The third kappa shape index (κ3) is 3.52. The molecule has 0 spiro atoms. The molecule has 0 unspecified atom stereocenters. The summed E-state index contributed by atoms with van der Waals surface area (Å²) < 4.78 is 11.2. The van der Waals surface area contributed by atoms with E-state index in [1.54, 1.807) is 18.4 Å². The maximum atomic E-state index is 5.83. The fourth-order valence-electron chi connectivity index (χ4n) is 2.61. The first-order chi connectivity index (χ1) is 11.6. The molecule has 0 fully saturated rings. The van der Waals surface area contributed by atoms with Crippen LogP contribution in [0.2, 0.25) is 0 Å². The number of benzene rings is 1. The number of ether oxygens (including phenoxy) is 1. The molecule has 2 heterocycles. The number of aryl methyl sites for hydroxylation is 1. The topological polar surface area (TPSA) is 38.5 Å². The minimum atomic E-state index is 0.251. The maximum Gasteiger partial charge on any atom is 0.236 e. The van der Waals surface area contributed by atoms with Crippen LogP contribution in [0.4, 0.5) is 0 Å². The van der Waals surface area contributed by atoms with Gasteiger partial charge in [0.1, 0.15) is 11.5 Å². The van der Waals surface area contributed by atoms with Gasteiger partial charge in [-0.25, -0.2) is 4.98 Å². The highest BCUT2D eigenvalue weighted by atomic mass is 32.1. The highest BCUT2D eigenvalue weighted by Gasteiger charge is 2.18. The zero-order valence-corrected chi connectivity index (χ0v) is 15.3. The molecule has 0 saturated heterocycles. The quantitative estimate of drug-likeness (QED) is 0.638. The predicted octanol–water partition coefficient (Wildman–Crippen LogP) is 4.91. The summed E-state index contributed by atoms with van der Waals surface area (Å²) in [6.07, 6.45) is 0. The summed E-state index contributed by atoms with van der Waals surface area (Å²) in [6, 6.07) is 12.5. The molecule has 3 rings (SSSR count). The summed E-state index contributed by atoms with van der Waals surface area (Å²) in [7, 11) is 3.79. The van der Waals surface area contributed by atoms with Gasteiger partial charge < -0.3 is 9.15 Å². The van der Waals surface area contributed by atoms with E-state index >= 15 is 0 Å². The lowest BCUT2D eigenvalue weighted by Crippen LogP contribution is -2.22. The number of aromatic nitrogens is 1. The molecule has 0 aliphatic rings. The Morgan fingerprint density at radius 1 is 1.29 bits per heavy atom. The molecule has 0 bridgehead atoms. The third-order valence-electron chi connectivity index (χ3n) is 4.26. The second-order valence-electron chi connectivity index (χ2n) is 5.87. The van der Waals surface area contributed by atoms with Crippen LogP contribution in [-0.4, -0.2) is 24.0 Å². The van der Waals surface area contributed by atoms with E-state index in [9.17, 15) is 0 Å². The van der Waals surface area contributed by atoms with E-state index in [-0.39, 0.29) is 6.04 Å². The number of oxazole rings is 1. The highest BCUT2D eigenvalue weighted by molar-refractivity contribution is 7.13. The van der Waals surface area contributed by atoms with Crippen molar-refractivity contribution in [3.05, 3.63) is 58.8 Å². The SMILES string of the molecule is COc1cccc([C@@H](C)N(C)Cc2nc(-c3cccs3)oc2C)c1. The molecule has 126 valence electrons. The molecule has 2 aromatic heterocycles. The second kappa shape index (κ2) is 7.20. The van der Waals surface area contributed by atoms with Crippen molar-refractivity contribution in [2.75, 3.05) is 14.2 Å². The van der Waals surface area contributed by atoms with E-state index in [1.165, 1.54) is 5.56 Å². The molecule has 0 amide bonds. The van der Waals surface area contributed by atoms with Gasteiger partial charge in [-0.3, -0.25) is 4.90 Å². The Labute approximate surface area is 146 Å². The van der Waals surface area contributed by atoms with Crippen LogP contribution in [0.3, 0.4) is 0 Å². The number of hydrogen-bond acceptors (Lipinski definition) is 5. The van der Waals surface area contributed by atoms with Gasteiger partial charge in [-0.2, -0.15) is 0 Å². The molecule has 3 aromatic rings. The Bertz CT molecular complexity index is 796. The van der Waals surface area contributed by atoms with Crippen molar-refractivity contribution in [2.45, 2.75) is 26.4 Å². The average molecular weight is 342 g/mol. The molecule has 1 aromatic carbocycles. The van der Waals surface area contributed by atoms with Crippen molar-refractivity contribution in [3.8, 4) is 16.5 Å². The Morgan fingerprint density at radius 3 is 2.83 bits per heavy atom. The van der Waals surface area contributed by atoms with Gasteiger partial charge in [0, 0.05) is 12.6 Å². The number of thiophene rings is 1. The van der Waals surface area contributed by atoms with Crippen molar-refractivity contribution >= 4 is 11.3 Å². The smallest absolute Gasteiger partial charge is 0.236 e. The average Bonchev–Trinajstić information content (AvgIpc) is 3.24. The Kier molecular flexibility index (Phi) is 5.02. The Balaban J connectivity index is 1.75. The lowest BCUT2D eigenvalue weighted by Gasteiger charge is -2.24. The van der Waals surface area contributed by atoms with Crippen LogP contribution in [0.5, 0.6) is 5.75 Å². The van der Waals surface area contributed by atoms with Gasteiger partial charge in [0.2, 0.25) is 5.89 Å². The summed E-state index contributed by atoms with van der Waals surface area (Å²) >= 11 is 1.64. The lowest BCUT2D eigenvalue weighted by atomic mass is 10.1. The van der Waals surface area contributed by atoms with Gasteiger partial charge in [-0.1, -0.05) is 18.2 Å². The molecule has 0 N–H and O–H groups in total. The van der Waals surface area contributed by atoms with E-state index in [0.717, 1.165) is 28.6 Å². The van der Waals surface area contributed by atoms with E-state index in [0.29, 0.717) is 5.89 Å². The Morgan fingerprint density at radius 2 is 2.12 bits per heavy atom. The lowest BCUT2D eigenvalue weighted by molar-refractivity contribution is 0.248. The Hall–Kier alpha value is -2.11. The van der Waals surface area contributed by atoms with Gasteiger partial charge in [0.05, 0.1) is 17.7 Å². The van der Waals surface area contributed by atoms with Crippen LogP contribution in [-0.2, 0) is 6.54 Å². The first-order valence-corrected chi connectivity index (χ1v) is 8.81. The van der Waals surface area contributed by atoms with E-state index < -0.39 is 0 Å². The first kappa shape index (κ1) is 16.7. The summed E-state index contributed by atoms with van der Waals surface area (Å²) in [4.78, 5) is 8.00. The van der Waals surface area contributed by atoms with Gasteiger partial charge in [0.25, 0.3) is 0 Å². The van der Waals surface area contributed by atoms with Crippen LogP contribution in [0.15, 0.2) is 46.2 Å². The standard InChI is InChI=1S/C19H22N2O2S/c1-13(15-7-5-8-16(11-15)22-4)21(3)12-17-14(2)23-19(20-17)18-9-6-10-24-18/h5-11,13H,12H2,1-4H3/t13-/m1/s1. The molecule has 24 heavy (non-hydrogen) atoms. The molecule has 0 aliphatic heterocycles. The molecular weight excluding hydrogens is 320 g/mol. The summed E-state index contributed by atoms with van der Waals surface area (Å²) in [6.45, 7) is 4.90. The van der Waals surface area contributed by atoms with Gasteiger partial charge in [0.15, 0.2) is 0 Å². The van der Waals surface area contributed by atoms with Crippen LogP contribution in [0, 0.1) is 6.92 Å². The van der Waals surface area contributed by atoms with Gasteiger partial charge in [-0.15, -0.1) is 11.3 Å². The normalized spacial score (nSPS) is 12.5. The number of hydrogen-bond donors (Lipinski definition) is 0. The zero-order chi connectivity index (χ0) is 17.1. The molecule has 0 saturated carbocycles. The fraction of sp³-hybridized carbons (Fsp3) is 0.316. The summed E-state index contributed by atoms with van der Waals surface area (Å²) in [5.41, 5.74) is 2.20. The minimum Gasteiger partial charge on any atom is -0.497 e. The van der Waals surface area contributed by atoms with Crippen molar-refractivity contribution in [3.63, 3.8) is 0 Å². The van der Waals surface area contributed by atoms with E-state index in [1.807, 2.05) is 36.6 Å². The second-order valence-corrected chi connectivity index (χ2v) is 6.81. The number of methoxy groups -OCH3 is 1. The first-order valence-electron chi connectivity index (χ1n) is 7.93. The van der Waals surface area contributed by atoms with Crippen molar-refractivity contribution < 1.29 is 9.15 Å².